The van der Waals surface area contributed by atoms with Crippen LogP contribution < -0.4 is 14.8 Å². The standard InChI is InChI=1S/C25H27NO4/c1-14-13-25(2,3)26-17-11-10-15-21-18(28-4)8-5-9-19(21)30-23(22(15)20(14)17)16-7-6-12-29-24(16)27/h5,8-11,13,16,23,26H,6-7,12H2,1-4H3. The van der Waals surface area contributed by atoms with Crippen molar-refractivity contribution in [2.24, 2.45) is 5.92 Å². The third-order valence-corrected chi connectivity index (χ3v) is 6.26. The molecule has 0 bridgehead atoms. The summed E-state index contributed by atoms with van der Waals surface area (Å²) in [6.45, 7) is 6.93. The molecule has 156 valence electrons. The first kappa shape index (κ1) is 19.0. The lowest BCUT2D eigenvalue weighted by Crippen LogP contribution is -2.36. The summed E-state index contributed by atoms with van der Waals surface area (Å²) in [5.74, 6) is 1.01. The summed E-state index contributed by atoms with van der Waals surface area (Å²) in [7, 11) is 1.67. The van der Waals surface area contributed by atoms with E-state index in [1.54, 1.807) is 7.11 Å². The molecular weight excluding hydrogens is 378 g/mol. The van der Waals surface area contributed by atoms with Gasteiger partial charge in [-0.3, -0.25) is 4.79 Å². The number of rotatable bonds is 2. The molecule has 2 unspecified atom stereocenters. The van der Waals surface area contributed by atoms with Crippen LogP contribution in [-0.2, 0) is 9.53 Å². The van der Waals surface area contributed by atoms with E-state index in [1.165, 1.54) is 5.57 Å². The maximum absolute atomic E-state index is 12.7. The molecule has 2 aromatic carbocycles. The van der Waals surface area contributed by atoms with Crippen LogP contribution in [0, 0.1) is 5.92 Å². The number of esters is 1. The Labute approximate surface area is 177 Å². The molecule has 2 aromatic rings. The molecule has 1 saturated heterocycles. The maximum Gasteiger partial charge on any atom is 0.313 e. The Bertz CT molecular complexity index is 1070. The van der Waals surface area contributed by atoms with Crippen LogP contribution in [0.5, 0.6) is 11.5 Å². The lowest BCUT2D eigenvalue weighted by atomic mass is 9.77. The number of allylic oxidation sites excluding steroid dienone is 1. The van der Waals surface area contributed by atoms with E-state index in [0.717, 1.165) is 52.3 Å². The minimum Gasteiger partial charge on any atom is -0.496 e. The average Bonchev–Trinajstić information content (AvgIpc) is 2.71. The normalized spacial score (nSPS) is 23.6. The molecule has 5 rings (SSSR count). The molecule has 0 amide bonds. The first-order valence-corrected chi connectivity index (χ1v) is 10.6. The van der Waals surface area contributed by atoms with E-state index >= 15 is 0 Å². The highest BCUT2D eigenvalue weighted by atomic mass is 16.5. The second-order valence-corrected chi connectivity index (χ2v) is 8.91. The van der Waals surface area contributed by atoms with Gasteiger partial charge in [0.15, 0.2) is 0 Å². The molecule has 3 aliphatic heterocycles. The quantitative estimate of drug-likeness (QED) is 0.682. The Hall–Kier alpha value is -2.95. The number of cyclic esters (lactones) is 1. The van der Waals surface area contributed by atoms with Gasteiger partial charge in [-0.1, -0.05) is 18.2 Å². The van der Waals surface area contributed by atoms with Crippen molar-refractivity contribution in [2.45, 2.75) is 45.3 Å². The number of ether oxygens (including phenoxy) is 3. The molecule has 3 heterocycles. The molecule has 0 radical (unpaired) electrons. The Balaban J connectivity index is 1.78. The predicted molar refractivity (Wildman–Crippen MR) is 117 cm³/mol. The maximum atomic E-state index is 12.7. The number of carbonyl (C=O) groups excluding carboxylic acids is 1. The fraction of sp³-hybridized carbons (Fsp3) is 0.400. The van der Waals surface area contributed by atoms with Gasteiger partial charge >= 0.3 is 5.97 Å². The molecule has 1 fully saturated rings. The van der Waals surface area contributed by atoms with E-state index in [1.807, 2.05) is 18.2 Å². The molecule has 30 heavy (non-hydrogen) atoms. The van der Waals surface area contributed by atoms with Gasteiger partial charge in [-0.2, -0.15) is 0 Å². The number of hydrogen-bond acceptors (Lipinski definition) is 5. The Morgan fingerprint density at radius 1 is 1.17 bits per heavy atom. The highest BCUT2D eigenvalue weighted by molar-refractivity contribution is 5.92. The molecule has 3 aliphatic rings. The first-order chi connectivity index (χ1) is 14.4. The van der Waals surface area contributed by atoms with Gasteiger partial charge < -0.3 is 19.5 Å². The van der Waals surface area contributed by atoms with E-state index in [0.29, 0.717) is 6.61 Å². The van der Waals surface area contributed by atoms with Crippen LogP contribution in [0.2, 0.25) is 0 Å². The van der Waals surface area contributed by atoms with Crippen LogP contribution in [0.15, 0.2) is 36.4 Å². The SMILES string of the molecule is COc1cccc2c1-c1ccc3c(c1C(C1CCCOC1=O)O2)C(C)=CC(C)(C)N3. The number of methoxy groups -OCH3 is 1. The molecule has 0 aliphatic carbocycles. The van der Waals surface area contributed by atoms with Crippen molar-refractivity contribution in [3.05, 3.63) is 47.5 Å². The summed E-state index contributed by atoms with van der Waals surface area (Å²) in [4.78, 5) is 12.7. The summed E-state index contributed by atoms with van der Waals surface area (Å²) in [5.41, 5.74) is 6.27. The van der Waals surface area contributed by atoms with E-state index in [4.69, 9.17) is 14.2 Å². The van der Waals surface area contributed by atoms with Gasteiger partial charge in [0.05, 0.1) is 30.7 Å². The van der Waals surface area contributed by atoms with Crippen LogP contribution in [0.25, 0.3) is 16.7 Å². The average molecular weight is 405 g/mol. The lowest BCUT2D eigenvalue weighted by Gasteiger charge is -2.39. The molecule has 0 spiro atoms. The van der Waals surface area contributed by atoms with Crippen molar-refractivity contribution in [1.29, 1.82) is 0 Å². The van der Waals surface area contributed by atoms with Crippen LogP contribution in [0.1, 0.15) is 50.8 Å². The molecule has 5 nitrogen and oxygen atoms in total. The highest BCUT2D eigenvalue weighted by Gasteiger charge is 2.42. The fourth-order valence-corrected chi connectivity index (χ4v) is 5.16. The van der Waals surface area contributed by atoms with E-state index < -0.39 is 6.10 Å². The summed E-state index contributed by atoms with van der Waals surface area (Å²) in [6, 6.07) is 10.1. The van der Waals surface area contributed by atoms with Gasteiger partial charge in [0, 0.05) is 16.8 Å². The Morgan fingerprint density at radius 2 is 2.00 bits per heavy atom. The summed E-state index contributed by atoms with van der Waals surface area (Å²) in [5, 5.41) is 3.62. The lowest BCUT2D eigenvalue weighted by molar-refractivity contribution is -0.157. The zero-order valence-electron chi connectivity index (χ0n) is 17.9. The topological polar surface area (TPSA) is 56.8 Å². The van der Waals surface area contributed by atoms with Crippen molar-refractivity contribution >= 4 is 17.2 Å². The second kappa shape index (κ2) is 6.79. The Kier molecular flexibility index (Phi) is 4.31. The van der Waals surface area contributed by atoms with Crippen molar-refractivity contribution in [1.82, 2.24) is 0 Å². The number of fused-ring (bicyclic) bond motifs is 5. The highest BCUT2D eigenvalue weighted by Crippen LogP contribution is 2.54. The minimum atomic E-state index is -0.395. The van der Waals surface area contributed by atoms with Gasteiger partial charge in [0.1, 0.15) is 17.6 Å². The summed E-state index contributed by atoms with van der Waals surface area (Å²) in [6.07, 6.45) is 3.46. The number of hydrogen-bond donors (Lipinski definition) is 1. The molecule has 2 atom stereocenters. The van der Waals surface area contributed by atoms with Gasteiger partial charge in [0.25, 0.3) is 0 Å². The van der Waals surface area contributed by atoms with Crippen LogP contribution in [0.4, 0.5) is 5.69 Å². The number of anilines is 1. The summed E-state index contributed by atoms with van der Waals surface area (Å²) >= 11 is 0. The molecule has 1 N–H and O–H groups in total. The third-order valence-electron chi connectivity index (χ3n) is 6.26. The van der Waals surface area contributed by atoms with Gasteiger partial charge in [-0.15, -0.1) is 0 Å². The second-order valence-electron chi connectivity index (χ2n) is 8.91. The van der Waals surface area contributed by atoms with Crippen molar-refractivity contribution in [3.63, 3.8) is 0 Å². The van der Waals surface area contributed by atoms with Crippen LogP contribution in [-0.4, -0.2) is 25.2 Å². The minimum absolute atomic E-state index is 0.143. The van der Waals surface area contributed by atoms with Crippen molar-refractivity contribution < 1.29 is 19.0 Å². The van der Waals surface area contributed by atoms with Gasteiger partial charge in [-0.25, -0.2) is 0 Å². The zero-order chi connectivity index (χ0) is 21.0. The number of nitrogens with one attached hydrogen (secondary N) is 1. The summed E-state index contributed by atoms with van der Waals surface area (Å²) < 4.78 is 17.6. The monoisotopic (exact) mass is 405 g/mol. The van der Waals surface area contributed by atoms with Gasteiger partial charge in [-0.05, 0) is 62.9 Å². The molecule has 0 aromatic heterocycles. The van der Waals surface area contributed by atoms with Crippen molar-refractivity contribution in [2.75, 3.05) is 19.0 Å². The van der Waals surface area contributed by atoms with Crippen LogP contribution in [0.3, 0.4) is 0 Å². The predicted octanol–water partition coefficient (Wildman–Crippen LogP) is 5.36. The Morgan fingerprint density at radius 3 is 2.77 bits per heavy atom. The number of carbonyl (C=O) groups is 1. The first-order valence-electron chi connectivity index (χ1n) is 10.6. The smallest absolute Gasteiger partial charge is 0.313 e. The third kappa shape index (κ3) is 2.87. The van der Waals surface area contributed by atoms with E-state index in [2.05, 4.69) is 44.3 Å². The largest absolute Gasteiger partial charge is 0.496 e. The zero-order valence-corrected chi connectivity index (χ0v) is 17.9. The van der Waals surface area contributed by atoms with Crippen molar-refractivity contribution in [3.8, 4) is 22.6 Å². The molecule has 5 heteroatoms. The fourth-order valence-electron chi connectivity index (χ4n) is 5.16. The van der Waals surface area contributed by atoms with E-state index in [9.17, 15) is 4.79 Å². The van der Waals surface area contributed by atoms with E-state index in [-0.39, 0.29) is 17.4 Å². The number of benzene rings is 2. The molecular formula is C25H27NO4. The molecule has 0 saturated carbocycles. The van der Waals surface area contributed by atoms with Crippen LogP contribution >= 0.6 is 0 Å². The van der Waals surface area contributed by atoms with Gasteiger partial charge in [0.2, 0.25) is 0 Å².